The van der Waals surface area contributed by atoms with Gasteiger partial charge in [0.1, 0.15) is 12.6 Å². The highest BCUT2D eigenvalue weighted by molar-refractivity contribution is 9.10. The fourth-order valence-electron chi connectivity index (χ4n) is 3.02. The van der Waals surface area contributed by atoms with Crippen molar-refractivity contribution in [3.05, 3.63) is 63.0 Å². The summed E-state index contributed by atoms with van der Waals surface area (Å²) in [7, 11) is -3.76. The largest absolute Gasteiger partial charge is 0.352 e. The second-order valence-corrected chi connectivity index (χ2v) is 11.4. The second-order valence-electron chi connectivity index (χ2n) is 7.71. The number of anilines is 1. The van der Waals surface area contributed by atoms with Gasteiger partial charge in [-0.3, -0.25) is 13.9 Å². The average Bonchev–Trinajstić information content (AvgIpc) is 2.70. The van der Waals surface area contributed by atoms with Crippen LogP contribution in [-0.2, 0) is 26.2 Å². The number of rotatable bonds is 9. The van der Waals surface area contributed by atoms with Gasteiger partial charge in [0.25, 0.3) is 0 Å². The van der Waals surface area contributed by atoms with Gasteiger partial charge in [0.15, 0.2) is 0 Å². The Morgan fingerprint density at radius 2 is 1.59 bits per heavy atom. The zero-order chi connectivity index (χ0) is 24.1. The first kappa shape index (κ1) is 26.3. The SMILES string of the molecule is CC(C)NC(=O)[C@H](C)N(Cc1ccc(Br)cc1)C(=O)CN(c1ccccc1Br)S(C)(=O)=O. The molecule has 0 aromatic heterocycles. The minimum Gasteiger partial charge on any atom is -0.352 e. The molecule has 1 atom stereocenters. The Hall–Kier alpha value is -1.91. The minimum atomic E-state index is -3.76. The average molecular weight is 589 g/mol. The summed E-state index contributed by atoms with van der Waals surface area (Å²) in [6.07, 6.45) is 1.05. The molecule has 0 saturated carbocycles. The zero-order valence-electron chi connectivity index (χ0n) is 18.4. The quantitative estimate of drug-likeness (QED) is 0.481. The third-order valence-electron chi connectivity index (χ3n) is 4.66. The molecule has 2 rings (SSSR count). The number of para-hydroxylation sites is 1. The van der Waals surface area contributed by atoms with Crippen LogP contribution in [-0.4, -0.2) is 50.0 Å². The Kier molecular flexibility index (Phi) is 9.29. The number of amides is 2. The van der Waals surface area contributed by atoms with Gasteiger partial charge in [0.2, 0.25) is 21.8 Å². The molecule has 7 nitrogen and oxygen atoms in total. The van der Waals surface area contributed by atoms with Crippen molar-refractivity contribution in [3.8, 4) is 0 Å². The molecule has 0 aliphatic rings. The van der Waals surface area contributed by atoms with Gasteiger partial charge in [-0.05, 0) is 66.5 Å². The maximum absolute atomic E-state index is 13.4. The van der Waals surface area contributed by atoms with Gasteiger partial charge in [-0.1, -0.05) is 40.2 Å². The predicted octanol–water partition coefficient (Wildman–Crippen LogP) is 3.92. The summed E-state index contributed by atoms with van der Waals surface area (Å²) in [6, 6.07) is 13.3. The molecule has 2 aromatic rings. The lowest BCUT2D eigenvalue weighted by atomic mass is 10.1. The van der Waals surface area contributed by atoms with Crippen LogP contribution in [0.15, 0.2) is 57.5 Å². The third kappa shape index (κ3) is 7.31. The number of carbonyl (C=O) groups excluding carboxylic acids is 2. The molecule has 0 aliphatic carbocycles. The molecule has 2 amide bonds. The maximum Gasteiger partial charge on any atom is 0.244 e. The second kappa shape index (κ2) is 11.3. The summed E-state index contributed by atoms with van der Waals surface area (Å²) < 4.78 is 27.6. The summed E-state index contributed by atoms with van der Waals surface area (Å²) in [6.45, 7) is 5.04. The van der Waals surface area contributed by atoms with Crippen molar-refractivity contribution in [2.75, 3.05) is 17.1 Å². The Labute approximate surface area is 206 Å². The van der Waals surface area contributed by atoms with E-state index in [1.165, 1.54) is 4.90 Å². The minimum absolute atomic E-state index is 0.0950. The van der Waals surface area contributed by atoms with Crippen LogP contribution in [0.4, 0.5) is 5.69 Å². The molecule has 0 saturated heterocycles. The van der Waals surface area contributed by atoms with Crippen LogP contribution < -0.4 is 9.62 Å². The number of hydrogen-bond donors (Lipinski definition) is 1. The standard InChI is InChI=1S/C22H27Br2N3O4S/c1-15(2)25-22(29)16(3)26(13-17-9-11-18(23)12-10-17)21(28)14-27(32(4,30)31)20-8-6-5-7-19(20)24/h5-12,15-16H,13-14H2,1-4H3,(H,25,29)/t16-/m0/s1. The molecule has 1 N–H and O–H groups in total. The molecule has 10 heteroatoms. The lowest BCUT2D eigenvalue weighted by Crippen LogP contribution is -2.52. The molecule has 0 radical (unpaired) electrons. The topological polar surface area (TPSA) is 86.8 Å². The first-order valence-corrected chi connectivity index (χ1v) is 13.4. The summed E-state index contributed by atoms with van der Waals surface area (Å²) >= 11 is 6.74. The molecule has 174 valence electrons. The van der Waals surface area contributed by atoms with Crippen molar-refractivity contribution in [1.29, 1.82) is 0 Å². The van der Waals surface area contributed by atoms with Crippen LogP contribution in [0.25, 0.3) is 0 Å². The van der Waals surface area contributed by atoms with E-state index in [4.69, 9.17) is 0 Å². The van der Waals surface area contributed by atoms with Crippen LogP contribution in [0.2, 0.25) is 0 Å². The highest BCUT2D eigenvalue weighted by Crippen LogP contribution is 2.28. The molecule has 0 spiro atoms. The zero-order valence-corrected chi connectivity index (χ0v) is 22.4. The fraction of sp³-hybridized carbons (Fsp3) is 0.364. The maximum atomic E-state index is 13.4. The highest BCUT2D eigenvalue weighted by Gasteiger charge is 2.30. The van der Waals surface area contributed by atoms with E-state index in [0.717, 1.165) is 20.6 Å². The molecular formula is C22H27Br2N3O4S. The lowest BCUT2D eigenvalue weighted by Gasteiger charge is -2.32. The summed E-state index contributed by atoms with van der Waals surface area (Å²) in [4.78, 5) is 27.5. The molecule has 2 aromatic carbocycles. The molecule has 0 aliphatic heterocycles. The van der Waals surface area contributed by atoms with E-state index in [1.54, 1.807) is 31.2 Å². The van der Waals surface area contributed by atoms with Gasteiger partial charge in [-0.15, -0.1) is 0 Å². The van der Waals surface area contributed by atoms with Crippen molar-refractivity contribution in [3.63, 3.8) is 0 Å². The monoisotopic (exact) mass is 587 g/mol. The molecule has 0 bridgehead atoms. The summed E-state index contributed by atoms with van der Waals surface area (Å²) in [5, 5.41) is 2.82. The van der Waals surface area contributed by atoms with Gasteiger partial charge >= 0.3 is 0 Å². The number of nitrogens with zero attached hydrogens (tertiary/aromatic N) is 2. The van der Waals surface area contributed by atoms with Gasteiger partial charge in [0.05, 0.1) is 11.9 Å². The van der Waals surface area contributed by atoms with Crippen molar-refractivity contribution in [1.82, 2.24) is 10.2 Å². The third-order valence-corrected chi connectivity index (χ3v) is 6.99. The summed E-state index contributed by atoms with van der Waals surface area (Å²) in [5.41, 5.74) is 1.17. The van der Waals surface area contributed by atoms with Crippen LogP contribution in [0, 0.1) is 0 Å². The van der Waals surface area contributed by atoms with Gasteiger partial charge in [-0.25, -0.2) is 8.42 Å². The first-order chi connectivity index (χ1) is 14.9. The molecular weight excluding hydrogens is 562 g/mol. The number of halogens is 2. The van der Waals surface area contributed by atoms with Crippen molar-refractivity contribution in [2.45, 2.75) is 39.4 Å². The van der Waals surface area contributed by atoms with E-state index in [2.05, 4.69) is 37.2 Å². The van der Waals surface area contributed by atoms with Crippen LogP contribution >= 0.6 is 31.9 Å². The number of nitrogens with one attached hydrogen (secondary N) is 1. The molecule has 0 heterocycles. The highest BCUT2D eigenvalue weighted by atomic mass is 79.9. The van der Waals surface area contributed by atoms with Gasteiger partial charge in [-0.2, -0.15) is 0 Å². The predicted molar refractivity (Wildman–Crippen MR) is 134 cm³/mol. The smallest absolute Gasteiger partial charge is 0.244 e. The number of sulfonamides is 1. The van der Waals surface area contributed by atoms with E-state index in [9.17, 15) is 18.0 Å². The van der Waals surface area contributed by atoms with Crippen molar-refractivity contribution < 1.29 is 18.0 Å². The van der Waals surface area contributed by atoms with Crippen LogP contribution in [0.3, 0.4) is 0 Å². The first-order valence-electron chi connectivity index (χ1n) is 9.96. The van der Waals surface area contributed by atoms with Crippen molar-refractivity contribution >= 4 is 59.4 Å². The Morgan fingerprint density at radius 1 is 1.00 bits per heavy atom. The van der Waals surface area contributed by atoms with E-state index in [0.29, 0.717) is 10.2 Å². The lowest BCUT2D eigenvalue weighted by molar-refractivity contribution is -0.139. The number of carbonyl (C=O) groups is 2. The Morgan fingerprint density at radius 3 is 2.12 bits per heavy atom. The van der Waals surface area contributed by atoms with Gasteiger partial charge in [0, 0.05) is 21.5 Å². The summed E-state index contributed by atoms with van der Waals surface area (Å²) in [5.74, 6) is -0.794. The van der Waals surface area contributed by atoms with E-state index in [-0.39, 0.29) is 18.5 Å². The van der Waals surface area contributed by atoms with E-state index in [1.807, 2.05) is 38.1 Å². The number of hydrogen-bond acceptors (Lipinski definition) is 4. The molecule has 0 unspecified atom stereocenters. The molecule has 32 heavy (non-hydrogen) atoms. The Balaban J connectivity index is 2.39. The Bertz CT molecular complexity index is 1060. The fourth-order valence-corrected chi connectivity index (χ4v) is 4.76. The van der Waals surface area contributed by atoms with Crippen LogP contribution in [0.5, 0.6) is 0 Å². The van der Waals surface area contributed by atoms with E-state index < -0.39 is 28.5 Å². The van der Waals surface area contributed by atoms with Gasteiger partial charge < -0.3 is 10.2 Å². The van der Waals surface area contributed by atoms with Crippen molar-refractivity contribution in [2.24, 2.45) is 0 Å². The van der Waals surface area contributed by atoms with E-state index >= 15 is 0 Å². The molecule has 0 fully saturated rings. The number of benzene rings is 2. The van der Waals surface area contributed by atoms with Crippen LogP contribution in [0.1, 0.15) is 26.3 Å². The normalized spacial score (nSPS) is 12.3.